The van der Waals surface area contributed by atoms with Gasteiger partial charge in [0.1, 0.15) is 0 Å². The number of rotatable bonds is 0. The van der Waals surface area contributed by atoms with Gasteiger partial charge >= 0.3 is 0 Å². The summed E-state index contributed by atoms with van der Waals surface area (Å²) >= 11 is 0. The largest absolute Gasteiger partial charge is 0.281 e. The number of hydrogen-bond donors (Lipinski definition) is 2. The number of hydrogen-bond acceptors (Lipinski definition) is 8. The van der Waals surface area contributed by atoms with Crippen LogP contribution in [0.4, 0.5) is 0 Å². The van der Waals surface area contributed by atoms with Gasteiger partial charge in [-0.15, -0.1) is 0 Å². The molecule has 5 rings (SSSR count). The van der Waals surface area contributed by atoms with Crippen molar-refractivity contribution in [3.05, 3.63) is 56.1 Å². The second-order valence-corrected chi connectivity index (χ2v) is 8.60. The molecule has 0 amide bonds. The van der Waals surface area contributed by atoms with Gasteiger partial charge in [-0.1, -0.05) is 0 Å². The van der Waals surface area contributed by atoms with Crippen molar-refractivity contribution in [3.8, 4) is 0 Å². The topological polar surface area (TPSA) is 98.2 Å². The highest BCUT2D eigenvalue weighted by Crippen LogP contribution is 2.36. The number of allylic oxidation sites excluding steroid dienone is 7. The molecule has 8 bridgehead atoms. The normalized spacial score (nSPS) is 22.1. The summed E-state index contributed by atoms with van der Waals surface area (Å²) in [5, 5.41) is 0. The molecule has 0 aliphatic carbocycles. The minimum absolute atomic E-state index is 0. The monoisotopic (exact) mass is 450 g/mol. The highest BCUT2D eigenvalue weighted by Gasteiger charge is 2.29. The summed E-state index contributed by atoms with van der Waals surface area (Å²) in [5.41, 5.74) is 19.2. The zero-order valence-electron chi connectivity index (χ0n) is 20.4. The van der Waals surface area contributed by atoms with E-state index in [1.54, 1.807) is 0 Å². The predicted octanol–water partition coefficient (Wildman–Crippen LogP) is 3.72. The van der Waals surface area contributed by atoms with Crippen LogP contribution in [0.2, 0.25) is 0 Å². The lowest BCUT2D eigenvalue weighted by Gasteiger charge is -2.07. The summed E-state index contributed by atoms with van der Waals surface area (Å²) < 4.78 is 0. The molecule has 164 valence electrons. The van der Waals surface area contributed by atoms with Gasteiger partial charge in [0.15, 0.2) is 5.84 Å². The number of guanidine groups is 2. The molecule has 5 aliphatic rings. The maximum absolute atomic E-state index is 5.07. The molecule has 0 aromatic carbocycles. The Morgan fingerprint density at radius 3 is 1.61 bits per heavy atom. The maximum Gasteiger partial charge on any atom is 0.253 e. The molecule has 0 saturated heterocycles. The highest BCUT2D eigenvalue weighted by atomic mass is 24.3. The van der Waals surface area contributed by atoms with Crippen molar-refractivity contribution < 1.29 is 0 Å². The van der Waals surface area contributed by atoms with Crippen LogP contribution < -0.4 is 10.9 Å². The van der Waals surface area contributed by atoms with Crippen LogP contribution in [0.1, 0.15) is 55.4 Å². The van der Waals surface area contributed by atoms with Crippen LogP contribution in [0.3, 0.4) is 0 Å². The van der Waals surface area contributed by atoms with Gasteiger partial charge in [0.2, 0.25) is 5.96 Å². The molecule has 5 heterocycles. The van der Waals surface area contributed by atoms with E-state index in [0.717, 1.165) is 73.2 Å². The minimum atomic E-state index is 0. The van der Waals surface area contributed by atoms with Gasteiger partial charge in [-0.25, -0.2) is 20.0 Å². The number of amidine groups is 1. The van der Waals surface area contributed by atoms with E-state index in [-0.39, 0.29) is 23.1 Å². The van der Waals surface area contributed by atoms with E-state index in [0.29, 0.717) is 17.8 Å². The van der Waals surface area contributed by atoms with E-state index >= 15 is 0 Å². The average molecular weight is 451 g/mol. The van der Waals surface area contributed by atoms with Crippen LogP contribution in [0.25, 0.3) is 0 Å². The van der Waals surface area contributed by atoms with Gasteiger partial charge in [-0.2, -0.15) is 9.98 Å². The van der Waals surface area contributed by atoms with Crippen LogP contribution in [-0.2, 0) is 0 Å². The summed E-state index contributed by atoms with van der Waals surface area (Å²) in [5.74, 6) is 1.48. The first-order chi connectivity index (χ1) is 15.2. The third-order valence-corrected chi connectivity index (χ3v) is 6.66. The van der Waals surface area contributed by atoms with E-state index in [4.69, 9.17) is 9.98 Å². The van der Waals surface area contributed by atoms with Crippen molar-refractivity contribution in [3.63, 3.8) is 0 Å². The molecular formula is C24H26MgN8. The van der Waals surface area contributed by atoms with E-state index in [2.05, 4.69) is 65.4 Å². The Kier molecular flexibility index (Phi) is 5.74. The van der Waals surface area contributed by atoms with Gasteiger partial charge in [-0.3, -0.25) is 10.9 Å². The van der Waals surface area contributed by atoms with Crippen LogP contribution in [0.5, 0.6) is 0 Å². The molecule has 9 heteroatoms. The fourth-order valence-corrected chi connectivity index (χ4v) is 4.48. The Balaban J connectivity index is 0.00000259. The number of aliphatic imine (C=N–C) groups is 6. The molecule has 5 aliphatic heterocycles. The number of hydrazine groups is 1. The van der Waals surface area contributed by atoms with Crippen molar-refractivity contribution >= 4 is 57.9 Å². The summed E-state index contributed by atoms with van der Waals surface area (Å²) in [6.07, 6.45) is 0. The molecule has 0 aromatic heterocycles. The van der Waals surface area contributed by atoms with Crippen molar-refractivity contribution in [2.75, 3.05) is 0 Å². The Morgan fingerprint density at radius 2 is 1.00 bits per heavy atom. The molecule has 0 spiro atoms. The third-order valence-electron chi connectivity index (χ3n) is 6.66. The fourth-order valence-electron chi connectivity index (χ4n) is 4.48. The Bertz CT molecular complexity index is 1370. The van der Waals surface area contributed by atoms with E-state index < -0.39 is 0 Å². The first kappa shape index (κ1) is 23.3. The van der Waals surface area contributed by atoms with Crippen LogP contribution in [-0.4, -0.2) is 57.9 Å². The van der Waals surface area contributed by atoms with Crippen molar-refractivity contribution in [2.45, 2.75) is 55.4 Å². The molecule has 33 heavy (non-hydrogen) atoms. The van der Waals surface area contributed by atoms with Crippen LogP contribution in [0.15, 0.2) is 86.1 Å². The number of nitrogens with one attached hydrogen (secondary N) is 2. The predicted molar refractivity (Wildman–Crippen MR) is 137 cm³/mol. The number of fused-ring (bicyclic) bond motifs is 4. The molecule has 0 fully saturated rings. The average Bonchev–Trinajstić information content (AvgIpc) is 3.50. The molecule has 2 radical (unpaired) electrons. The maximum atomic E-state index is 5.07. The summed E-state index contributed by atoms with van der Waals surface area (Å²) in [7, 11) is 0. The van der Waals surface area contributed by atoms with Gasteiger partial charge in [0, 0.05) is 39.8 Å². The highest BCUT2D eigenvalue weighted by molar-refractivity contribution is 6.24. The lowest BCUT2D eigenvalue weighted by molar-refractivity contribution is 0.893. The molecule has 0 saturated carbocycles. The second kappa shape index (κ2) is 8.14. The van der Waals surface area contributed by atoms with E-state index in [1.807, 2.05) is 20.8 Å². The standard InChI is InChI=1S/C24H26N8.Mg/c1-9-10(2)19-14(6)21-16(8)25-23(28-21)30-24-29-22(31-32-24)15(7)20-12(4)11(3)18(27-20)13(5)17(9)26-19;/h1-8H3,(H2,25,28,29,30,31,32);. The van der Waals surface area contributed by atoms with Crippen LogP contribution in [0, 0.1) is 0 Å². The molecule has 0 unspecified atom stereocenters. The zero-order valence-corrected chi connectivity index (χ0v) is 21.8. The van der Waals surface area contributed by atoms with E-state index in [1.165, 1.54) is 0 Å². The third kappa shape index (κ3) is 3.50. The van der Waals surface area contributed by atoms with Crippen LogP contribution >= 0.6 is 0 Å². The first-order valence-electron chi connectivity index (χ1n) is 10.7. The smallest absolute Gasteiger partial charge is 0.253 e. The summed E-state index contributed by atoms with van der Waals surface area (Å²) in [6, 6.07) is 0. The van der Waals surface area contributed by atoms with Gasteiger partial charge < -0.3 is 0 Å². The Morgan fingerprint density at radius 1 is 0.455 bits per heavy atom. The van der Waals surface area contributed by atoms with Crippen molar-refractivity contribution in [2.24, 2.45) is 30.0 Å². The lowest BCUT2D eigenvalue weighted by Crippen LogP contribution is -2.33. The molecule has 8 nitrogen and oxygen atoms in total. The van der Waals surface area contributed by atoms with Gasteiger partial charge in [0.25, 0.3) is 5.96 Å². The Labute approximate surface area is 209 Å². The molecule has 0 atom stereocenters. The quantitative estimate of drug-likeness (QED) is 0.550. The SMILES string of the molecule is CC1=NC2=NC1=C(C)C1=NC(=C(C)C3=NC(=C(C)C4=NC(=N2)NN4)C(C)=C3C)C(C)=C1C.[Mg]. The minimum Gasteiger partial charge on any atom is -0.281 e. The summed E-state index contributed by atoms with van der Waals surface area (Å²) in [4.78, 5) is 28.4. The molecule has 0 aromatic rings. The molecule has 2 N–H and O–H groups in total. The van der Waals surface area contributed by atoms with E-state index in [9.17, 15) is 0 Å². The fraction of sp³-hybridized carbons (Fsp3) is 0.333. The number of nitrogens with zero attached hydrogens (tertiary/aromatic N) is 6. The van der Waals surface area contributed by atoms with Gasteiger partial charge in [-0.05, 0) is 77.7 Å². The summed E-state index contributed by atoms with van der Waals surface area (Å²) in [6.45, 7) is 16.6. The lowest BCUT2D eigenvalue weighted by atomic mass is 9.96. The second-order valence-electron chi connectivity index (χ2n) is 8.60. The zero-order chi connectivity index (χ0) is 22.9. The van der Waals surface area contributed by atoms with Crippen molar-refractivity contribution in [1.82, 2.24) is 10.9 Å². The van der Waals surface area contributed by atoms with Gasteiger partial charge in [0.05, 0.1) is 34.2 Å². The Hall–Kier alpha value is -2.91. The molecular weight excluding hydrogens is 425 g/mol. The first-order valence-corrected chi connectivity index (χ1v) is 10.7. The van der Waals surface area contributed by atoms with Crippen molar-refractivity contribution in [1.29, 1.82) is 0 Å².